The van der Waals surface area contributed by atoms with Crippen LogP contribution in [0.5, 0.6) is 0 Å². The predicted octanol–water partition coefficient (Wildman–Crippen LogP) is 3.14. The standard InChI is InChI=1S/C22H20N2O2/c25-15-21(26)20(13-17-5-2-1-3-6-17)24-14-19-8-4-7-18(22(19)23-24)12-11-16-9-10-16/h1-8,14,16,20,25H,9-10,13,15H2. The van der Waals surface area contributed by atoms with E-state index in [0.717, 1.165) is 22.0 Å². The molecule has 1 fully saturated rings. The van der Waals surface area contributed by atoms with Crippen LogP contribution in [-0.4, -0.2) is 27.3 Å². The van der Waals surface area contributed by atoms with Crippen LogP contribution in [0.3, 0.4) is 0 Å². The number of aliphatic hydroxyl groups is 1. The highest BCUT2D eigenvalue weighted by atomic mass is 16.3. The highest BCUT2D eigenvalue weighted by molar-refractivity contribution is 5.87. The highest BCUT2D eigenvalue weighted by Crippen LogP contribution is 2.28. The molecule has 1 unspecified atom stereocenters. The number of fused-ring (bicyclic) bond motifs is 1. The van der Waals surface area contributed by atoms with Crippen LogP contribution >= 0.6 is 0 Å². The van der Waals surface area contributed by atoms with Gasteiger partial charge >= 0.3 is 0 Å². The van der Waals surface area contributed by atoms with Crippen molar-refractivity contribution in [1.82, 2.24) is 9.78 Å². The maximum Gasteiger partial charge on any atom is 0.182 e. The quantitative estimate of drug-likeness (QED) is 0.724. The van der Waals surface area contributed by atoms with Gasteiger partial charge in [0.15, 0.2) is 5.78 Å². The van der Waals surface area contributed by atoms with Gasteiger partial charge in [-0.25, -0.2) is 0 Å². The number of Topliss-reactive ketones (excluding diaryl/α,β-unsaturated/α-hetero) is 1. The van der Waals surface area contributed by atoms with E-state index < -0.39 is 12.6 Å². The Morgan fingerprint density at radius 3 is 2.73 bits per heavy atom. The smallest absolute Gasteiger partial charge is 0.182 e. The van der Waals surface area contributed by atoms with E-state index in [1.165, 1.54) is 12.8 Å². The van der Waals surface area contributed by atoms with Gasteiger partial charge in [-0.15, -0.1) is 0 Å². The molecule has 1 aliphatic rings. The van der Waals surface area contributed by atoms with Crippen molar-refractivity contribution in [2.75, 3.05) is 6.61 Å². The number of aliphatic hydroxyl groups excluding tert-OH is 1. The minimum Gasteiger partial charge on any atom is -0.388 e. The Bertz CT molecular complexity index is 991. The van der Waals surface area contributed by atoms with Gasteiger partial charge < -0.3 is 5.11 Å². The topological polar surface area (TPSA) is 55.1 Å². The van der Waals surface area contributed by atoms with E-state index in [-0.39, 0.29) is 5.78 Å². The number of hydrogen-bond donors (Lipinski definition) is 1. The first-order valence-electron chi connectivity index (χ1n) is 8.91. The van der Waals surface area contributed by atoms with Crippen molar-refractivity contribution in [2.24, 2.45) is 5.92 Å². The Morgan fingerprint density at radius 2 is 2.00 bits per heavy atom. The second kappa shape index (κ2) is 7.15. The first kappa shape index (κ1) is 16.6. The SMILES string of the molecule is O=C(CO)C(Cc1ccccc1)n1cc2cccc(C#CC3CC3)c2n1. The van der Waals surface area contributed by atoms with Gasteiger partial charge in [0.05, 0.1) is 5.56 Å². The highest BCUT2D eigenvalue weighted by Gasteiger charge is 2.22. The monoisotopic (exact) mass is 344 g/mol. The fraction of sp³-hybridized carbons (Fsp3) is 0.273. The van der Waals surface area contributed by atoms with Crippen molar-refractivity contribution in [1.29, 1.82) is 0 Å². The summed E-state index contributed by atoms with van der Waals surface area (Å²) in [5.74, 6) is 6.78. The summed E-state index contributed by atoms with van der Waals surface area (Å²) in [5, 5.41) is 15.0. The number of hydrogen-bond acceptors (Lipinski definition) is 3. The molecule has 0 aliphatic heterocycles. The molecule has 26 heavy (non-hydrogen) atoms. The summed E-state index contributed by atoms with van der Waals surface area (Å²) in [6.07, 6.45) is 4.74. The predicted molar refractivity (Wildman–Crippen MR) is 101 cm³/mol. The lowest BCUT2D eigenvalue weighted by Crippen LogP contribution is -2.25. The van der Waals surface area contributed by atoms with E-state index in [0.29, 0.717) is 12.3 Å². The van der Waals surface area contributed by atoms with Crippen LogP contribution in [0.1, 0.15) is 30.0 Å². The van der Waals surface area contributed by atoms with Crippen LogP contribution in [0.25, 0.3) is 10.9 Å². The van der Waals surface area contributed by atoms with Gasteiger partial charge in [-0.1, -0.05) is 54.3 Å². The van der Waals surface area contributed by atoms with Gasteiger partial charge in [0.2, 0.25) is 0 Å². The van der Waals surface area contributed by atoms with Crippen molar-refractivity contribution >= 4 is 16.7 Å². The summed E-state index contributed by atoms with van der Waals surface area (Å²) in [6, 6.07) is 15.2. The number of aromatic nitrogens is 2. The lowest BCUT2D eigenvalue weighted by atomic mass is 10.0. The second-order valence-electron chi connectivity index (χ2n) is 6.73. The molecule has 1 N–H and O–H groups in total. The zero-order chi connectivity index (χ0) is 17.9. The zero-order valence-electron chi connectivity index (χ0n) is 14.4. The first-order chi connectivity index (χ1) is 12.7. The molecule has 0 bridgehead atoms. The van der Waals surface area contributed by atoms with Gasteiger partial charge in [0, 0.05) is 23.9 Å². The van der Waals surface area contributed by atoms with Crippen LogP contribution in [0, 0.1) is 17.8 Å². The molecule has 0 saturated heterocycles. The van der Waals surface area contributed by atoms with Crippen LogP contribution in [0.4, 0.5) is 0 Å². The largest absolute Gasteiger partial charge is 0.388 e. The fourth-order valence-electron chi connectivity index (χ4n) is 3.03. The Balaban J connectivity index is 1.71. The third-order valence-electron chi connectivity index (χ3n) is 4.66. The minimum atomic E-state index is -0.529. The van der Waals surface area contributed by atoms with Crippen LogP contribution in [-0.2, 0) is 11.2 Å². The first-order valence-corrected chi connectivity index (χ1v) is 8.91. The maximum absolute atomic E-state index is 12.4. The van der Waals surface area contributed by atoms with Crippen molar-refractivity contribution in [3.8, 4) is 11.8 Å². The molecule has 0 spiro atoms. The molecule has 0 amide bonds. The van der Waals surface area contributed by atoms with E-state index >= 15 is 0 Å². The summed E-state index contributed by atoms with van der Waals surface area (Å²) in [4.78, 5) is 12.4. The van der Waals surface area contributed by atoms with E-state index in [2.05, 4.69) is 16.9 Å². The van der Waals surface area contributed by atoms with E-state index in [1.807, 2.05) is 54.7 Å². The molecule has 4 nitrogen and oxygen atoms in total. The number of benzene rings is 2. The van der Waals surface area contributed by atoms with Crippen molar-refractivity contribution in [3.63, 3.8) is 0 Å². The normalized spacial score (nSPS) is 14.7. The van der Waals surface area contributed by atoms with Gasteiger partial charge in [-0.3, -0.25) is 9.48 Å². The molecule has 1 saturated carbocycles. The molecule has 2 aromatic carbocycles. The second-order valence-corrected chi connectivity index (χ2v) is 6.73. The average molecular weight is 344 g/mol. The van der Waals surface area contributed by atoms with E-state index in [4.69, 9.17) is 0 Å². The molecule has 1 aliphatic carbocycles. The lowest BCUT2D eigenvalue weighted by molar-refractivity contribution is -0.125. The van der Waals surface area contributed by atoms with Gasteiger partial charge in [0.25, 0.3) is 0 Å². The van der Waals surface area contributed by atoms with E-state index in [9.17, 15) is 9.90 Å². The van der Waals surface area contributed by atoms with Crippen molar-refractivity contribution < 1.29 is 9.90 Å². The van der Waals surface area contributed by atoms with Crippen molar-refractivity contribution in [2.45, 2.75) is 25.3 Å². The Hall–Kier alpha value is -2.90. The molecule has 130 valence electrons. The number of ketones is 1. The van der Waals surface area contributed by atoms with Crippen molar-refractivity contribution in [3.05, 3.63) is 65.9 Å². The molecule has 4 rings (SSSR count). The third-order valence-corrected chi connectivity index (χ3v) is 4.66. The molecule has 0 radical (unpaired) electrons. The number of carbonyl (C=O) groups is 1. The zero-order valence-corrected chi connectivity index (χ0v) is 14.4. The number of rotatable bonds is 5. The summed E-state index contributed by atoms with van der Waals surface area (Å²) in [6.45, 7) is -0.498. The average Bonchev–Trinajstić information content (AvgIpc) is 3.41. The Kier molecular flexibility index (Phi) is 4.55. The van der Waals surface area contributed by atoms with Crippen LogP contribution in [0.15, 0.2) is 54.7 Å². The summed E-state index contributed by atoms with van der Waals surface area (Å²) in [5.41, 5.74) is 2.74. The maximum atomic E-state index is 12.4. The molecule has 3 aromatic rings. The minimum absolute atomic E-state index is 0.243. The van der Waals surface area contributed by atoms with Gasteiger partial charge in [-0.2, -0.15) is 5.10 Å². The Morgan fingerprint density at radius 1 is 1.19 bits per heavy atom. The fourth-order valence-corrected chi connectivity index (χ4v) is 3.03. The molecule has 1 aromatic heterocycles. The summed E-state index contributed by atoms with van der Waals surface area (Å²) < 4.78 is 1.68. The van der Waals surface area contributed by atoms with Crippen LogP contribution < -0.4 is 0 Å². The Labute approximate surface area is 152 Å². The van der Waals surface area contributed by atoms with E-state index in [1.54, 1.807) is 4.68 Å². The summed E-state index contributed by atoms with van der Waals surface area (Å²) >= 11 is 0. The lowest BCUT2D eigenvalue weighted by Gasteiger charge is -2.15. The number of nitrogens with zero attached hydrogens (tertiary/aromatic N) is 2. The van der Waals surface area contributed by atoms with Gasteiger partial charge in [-0.05, 0) is 24.5 Å². The third kappa shape index (κ3) is 3.54. The van der Waals surface area contributed by atoms with Crippen LogP contribution in [0.2, 0.25) is 0 Å². The molecule has 4 heteroatoms. The van der Waals surface area contributed by atoms with Gasteiger partial charge in [0.1, 0.15) is 18.2 Å². The molecule has 1 atom stereocenters. The summed E-state index contributed by atoms with van der Waals surface area (Å²) in [7, 11) is 0. The molecule has 1 heterocycles. The number of carbonyl (C=O) groups excluding carboxylic acids is 1. The molecular formula is C22H20N2O2. The molecular weight excluding hydrogens is 324 g/mol.